The number of amides is 3. The highest BCUT2D eigenvalue weighted by atomic mass is 16.6. The van der Waals surface area contributed by atoms with E-state index in [-0.39, 0.29) is 49.4 Å². The molecule has 8 rings (SSSR count). The second-order valence-corrected chi connectivity index (χ2v) is 15.6. The maximum Gasteiger partial charge on any atom is 0.410 e. The summed E-state index contributed by atoms with van der Waals surface area (Å²) in [4.78, 5) is 70.3. The van der Waals surface area contributed by atoms with Crippen LogP contribution in [0.1, 0.15) is 76.5 Å². The quantitative estimate of drug-likeness (QED) is 0.143. The van der Waals surface area contributed by atoms with Crippen LogP contribution in [-0.2, 0) is 49.9 Å². The Morgan fingerprint density at radius 3 is 1.75 bits per heavy atom. The summed E-state index contributed by atoms with van der Waals surface area (Å²) in [7, 11) is 0. The summed E-state index contributed by atoms with van der Waals surface area (Å²) in [5, 5.41) is 3.01. The molecule has 3 aliphatic rings. The third kappa shape index (κ3) is 8.97. The van der Waals surface area contributed by atoms with Crippen molar-refractivity contribution in [2.24, 2.45) is 0 Å². The number of nitrogens with zero attached hydrogens (tertiary/aromatic N) is 2. The van der Waals surface area contributed by atoms with Gasteiger partial charge in [0.25, 0.3) is 0 Å². The van der Waals surface area contributed by atoms with Gasteiger partial charge in [-0.15, -0.1) is 0 Å². The largest absolute Gasteiger partial charge is 0.445 e. The van der Waals surface area contributed by atoms with Crippen LogP contribution in [0.2, 0.25) is 0 Å². The highest BCUT2D eigenvalue weighted by Crippen LogP contribution is 2.45. The van der Waals surface area contributed by atoms with Crippen LogP contribution in [0.25, 0.3) is 0 Å². The lowest BCUT2D eigenvalue weighted by Gasteiger charge is -2.34. The molecule has 0 bridgehead atoms. The fourth-order valence-corrected chi connectivity index (χ4v) is 8.78. The van der Waals surface area contributed by atoms with E-state index in [1.807, 2.05) is 133 Å². The van der Waals surface area contributed by atoms with E-state index in [1.165, 1.54) is 4.90 Å². The van der Waals surface area contributed by atoms with Crippen molar-refractivity contribution in [1.82, 2.24) is 9.80 Å². The Labute approximate surface area is 344 Å². The molecule has 1 N–H and O–H groups in total. The molecule has 2 aliphatic heterocycles. The SMILES string of the molecule is O=C1Cc2cc(NC(=O)[C@@H]3CCCN3C(=O)OCc3ccccc3)ccc2C(c2ccccc2)C1c1ccc(CC(=O)[C@@H]2CCCN2C(=O)OCc2ccccc2)cc1. The number of carbonyl (C=O) groups is 5. The molecule has 0 spiro atoms. The maximum atomic E-state index is 14.2. The van der Waals surface area contributed by atoms with Crippen molar-refractivity contribution >= 4 is 35.3 Å². The average Bonchev–Trinajstić information content (AvgIpc) is 3.98. The molecule has 59 heavy (non-hydrogen) atoms. The van der Waals surface area contributed by atoms with Crippen LogP contribution in [0, 0.1) is 0 Å². The lowest BCUT2D eigenvalue weighted by Crippen LogP contribution is -2.43. The number of hydrogen-bond acceptors (Lipinski definition) is 7. The summed E-state index contributed by atoms with van der Waals surface area (Å²) in [6.45, 7) is 1.20. The molecule has 2 saturated heterocycles. The van der Waals surface area contributed by atoms with Crippen molar-refractivity contribution in [3.63, 3.8) is 0 Å². The number of ketones is 2. The standard InChI is InChI=1S/C49H47N3O7/c53-43(41-18-10-26-51(41)48(56)58-31-34-12-4-1-5-13-34)28-33-20-22-37(23-21-33)46-44(54)30-38-29-39(24-25-40(38)45(46)36-16-8-3-9-17-36)50-47(55)42-19-11-27-52(42)49(57)59-32-35-14-6-2-7-15-35/h1-9,12-17,20-25,29,41-42,45-46H,10-11,18-19,26-28,30-32H2,(H,50,55)/t41-,42-,45?,46?/m0/s1. The Kier molecular flexibility index (Phi) is 11.9. The van der Waals surface area contributed by atoms with Gasteiger partial charge in [-0.05, 0) is 76.8 Å². The van der Waals surface area contributed by atoms with Crippen LogP contribution in [0.5, 0.6) is 0 Å². The predicted octanol–water partition coefficient (Wildman–Crippen LogP) is 8.38. The highest BCUT2D eigenvalue weighted by molar-refractivity contribution is 5.98. The van der Waals surface area contributed by atoms with E-state index >= 15 is 0 Å². The van der Waals surface area contributed by atoms with Gasteiger partial charge in [0.05, 0.1) is 12.0 Å². The van der Waals surface area contributed by atoms with E-state index in [0.717, 1.165) is 45.4 Å². The molecule has 10 heteroatoms. The summed E-state index contributed by atoms with van der Waals surface area (Å²) in [6, 6.07) is 41.1. The van der Waals surface area contributed by atoms with Gasteiger partial charge < -0.3 is 14.8 Å². The first-order valence-electron chi connectivity index (χ1n) is 20.4. The van der Waals surface area contributed by atoms with Crippen molar-refractivity contribution in [2.45, 2.75) is 75.7 Å². The predicted molar refractivity (Wildman–Crippen MR) is 223 cm³/mol. The van der Waals surface area contributed by atoms with Crippen LogP contribution in [0.3, 0.4) is 0 Å². The van der Waals surface area contributed by atoms with Gasteiger partial charge in [-0.3, -0.25) is 24.2 Å². The second kappa shape index (κ2) is 17.9. The molecule has 2 fully saturated rings. The fourth-order valence-electron chi connectivity index (χ4n) is 8.78. The fraction of sp³-hybridized carbons (Fsp3) is 0.286. The molecule has 5 aromatic carbocycles. The van der Waals surface area contributed by atoms with Gasteiger partial charge in [-0.1, -0.05) is 121 Å². The lowest BCUT2D eigenvalue weighted by atomic mass is 9.68. The number of carbonyl (C=O) groups excluding carboxylic acids is 5. The van der Waals surface area contributed by atoms with E-state index in [1.54, 1.807) is 4.90 Å². The average molecular weight is 790 g/mol. The summed E-state index contributed by atoms with van der Waals surface area (Å²) < 4.78 is 11.1. The third-order valence-corrected chi connectivity index (χ3v) is 11.7. The molecule has 0 radical (unpaired) electrons. The molecule has 10 nitrogen and oxygen atoms in total. The number of fused-ring (bicyclic) bond motifs is 1. The van der Waals surface area contributed by atoms with Gasteiger partial charge >= 0.3 is 12.2 Å². The maximum absolute atomic E-state index is 14.2. The van der Waals surface area contributed by atoms with Crippen molar-refractivity contribution in [3.8, 4) is 0 Å². The van der Waals surface area contributed by atoms with Gasteiger partial charge in [-0.2, -0.15) is 0 Å². The number of hydrogen-bond donors (Lipinski definition) is 1. The van der Waals surface area contributed by atoms with Crippen LogP contribution in [0.15, 0.2) is 133 Å². The topological polar surface area (TPSA) is 122 Å². The lowest BCUT2D eigenvalue weighted by molar-refractivity contribution is -0.122. The van der Waals surface area contributed by atoms with E-state index in [0.29, 0.717) is 38.0 Å². The smallest absolute Gasteiger partial charge is 0.410 e. The number of likely N-dealkylation sites (tertiary alicyclic amines) is 2. The van der Waals surface area contributed by atoms with Gasteiger partial charge in [0, 0.05) is 37.5 Å². The number of Topliss-reactive ketones (excluding diaryl/α,β-unsaturated/α-hetero) is 2. The van der Waals surface area contributed by atoms with E-state index < -0.39 is 30.2 Å². The normalized spacial score (nSPS) is 19.8. The molecular formula is C49H47N3O7. The minimum absolute atomic E-state index is 0.0386. The molecule has 4 atom stereocenters. The van der Waals surface area contributed by atoms with Gasteiger partial charge in [0.15, 0.2) is 5.78 Å². The minimum Gasteiger partial charge on any atom is -0.445 e. The zero-order chi connectivity index (χ0) is 40.7. The highest BCUT2D eigenvalue weighted by Gasteiger charge is 2.39. The first-order chi connectivity index (χ1) is 28.8. The van der Waals surface area contributed by atoms with Crippen LogP contribution in [0.4, 0.5) is 15.3 Å². The summed E-state index contributed by atoms with van der Waals surface area (Å²) in [5.74, 6) is -1.02. The molecule has 0 aromatic heterocycles. The number of anilines is 1. The van der Waals surface area contributed by atoms with Crippen molar-refractivity contribution in [3.05, 3.63) is 172 Å². The van der Waals surface area contributed by atoms with Crippen LogP contribution < -0.4 is 5.32 Å². The summed E-state index contributed by atoms with van der Waals surface area (Å²) in [6.07, 6.45) is 1.92. The number of benzene rings is 5. The molecule has 3 amide bonds. The Balaban J connectivity index is 0.943. The summed E-state index contributed by atoms with van der Waals surface area (Å²) >= 11 is 0. The minimum atomic E-state index is -0.658. The molecule has 300 valence electrons. The first-order valence-corrected chi connectivity index (χ1v) is 20.4. The van der Waals surface area contributed by atoms with E-state index in [9.17, 15) is 24.0 Å². The Morgan fingerprint density at radius 2 is 1.14 bits per heavy atom. The molecule has 5 aromatic rings. The Morgan fingerprint density at radius 1 is 0.593 bits per heavy atom. The van der Waals surface area contributed by atoms with Crippen molar-refractivity contribution < 1.29 is 33.4 Å². The Bertz CT molecular complexity index is 2300. The molecule has 2 unspecified atom stereocenters. The molecular weight excluding hydrogens is 743 g/mol. The molecule has 1 aliphatic carbocycles. The van der Waals surface area contributed by atoms with Gasteiger partial charge in [-0.25, -0.2) is 9.59 Å². The van der Waals surface area contributed by atoms with E-state index in [2.05, 4.69) is 5.32 Å². The third-order valence-electron chi connectivity index (χ3n) is 11.7. The van der Waals surface area contributed by atoms with Gasteiger partial charge in [0.2, 0.25) is 5.91 Å². The van der Waals surface area contributed by atoms with E-state index in [4.69, 9.17) is 9.47 Å². The van der Waals surface area contributed by atoms with Gasteiger partial charge in [0.1, 0.15) is 25.0 Å². The monoisotopic (exact) mass is 789 g/mol. The van der Waals surface area contributed by atoms with Crippen molar-refractivity contribution in [1.29, 1.82) is 0 Å². The van der Waals surface area contributed by atoms with Crippen LogP contribution in [-0.4, -0.2) is 64.6 Å². The molecule has 0 saturated carbocycles. The van der Waals surface area contributed by atoms with Crippen molar-refractivity contribution in [2.75, 3.05) is 18.4 Å². The van der Waals surface area contributed by atoms with Crippen LogP contribution >= 0.6 is 0 Å². The zero-order valence-electron chi connectivity index (χ0n) is 32.8. The second-order valence-electron chi connectivity index (χ2n) is 15.6. The number of nitrogens with one attached hydrogen (secondary N) is 1. The molecule has 2 heterocycles. The number of ether oxygens (including phenoxy) is 2. The number of rotatable bonds is 11. The Hall–Kier alpha value is -6.55. The first kappa shape index (κ1) is 39.3. The zero-order valence-corrected chi connectivity index (χ0v) is 32.8. The summed E-state index contributed by atoms with van der Waals surface area (Å²) in [5.41, 5.74) is 6.84.